The Morgan fingerprint density at radius 1 is 1.38 bits per heavy atom. The highest BCUT2D eigenvalue weighted by molar-refractivity contribution is 9.10. The van der Waals surface area contributed by atoms with E-state index in [0.717, 1.165) is 29.1 Å². The van der Waals surface area contributed by atoms with E-state index in [-0.39, 0.29) is 0 Å². The molecule has 0 aromatic heterocycles. The predicted molar refractivity (Wildman–Crippen MR) is 73.4 cm³/mol. The molecule has 16 heavy (non-hydrogen) atoms. The van der Waals surface area contributed by atoms with E-state index in [1.807, 2.05) is 24.3 Å². The zero-order valence-electron chi connectivity index (χ0n) is 9.59. The Morgan fingerprint density at radius 2 is 2.19 bits per heavy atom. The monoisotopic (exact) mass is 304 g/mol. The summed E-state index contributed by atoms with van der Waals surface area (Å²) in [6.45, 7) is 2.93. The average Bonchev–Trinajstić information content (AvgIpc) is 2.28. The van der Waals surface area contributed by atoms with Crippen molar-refractivity contribution in [1.29, 1.82) is 0 Å². The number of alkyl halides is 1. The van der Waals surface area contributed by atoms with Gasteiger partial charge >= 0.3 is 0 Å². The van der Waals surface area contributed by atoms with Gasteiger partial charge in [0.1, 0.15) is 5.75 Å². The van der Waals surface area contributed by atoms with Crippen LogP contribution in [-0.4, -0.2) is 12.5 Å². The summed E-state index contributed by atoms with van der Waals surface area (Å²) in [7, 11) is 0. The van der Waals surface area contributed by atoms with Crippen molar-refractivity contribution in [3.63, 3.8) is 0 Å². The van der Waals surface area contributed by atoms with Crippen molar-refractivity contribution in [2.75, 3.05) is 12.5 Å². The van der Waals surface area contributed by atoms with Crippen molar-refractivity contribution in [2.24, 2.45) is 5.92 Å². The lowest BCUT2D eigenvalue weighted by atomic mass is 10.0. The van der Waals surface area contributed by atoms with Gasteiger partial charge in [0.05, 0.1) is 6.61 Å². The summed E-state index contributed by atoms with van der Waals surface area (Å²) in [5.74, 6) is 2.23. The predicted octanol–water partition coefficient (Wildman–Crippen LogP) is 4.87. The molecule has 0 saturated heterocycles. The molecule has 90 valence electrons. The molecule has 1 unspecified atom stereocenters. The first-order chi connectivity index (χ1) is 7.76. The summed E-state index contributed by atoms with van der Waals surface area (Å²) in [5.41, 5.74) is 0. The first-order valence-electron chi connectivity index (χ1n) is 5.70. The van der Waals surface area contributed by atoms with Crippen molar-refractivity contribution in [2.45, 2.75) is 26.2 Å². The summed E-state index contributed by atoms with van der Waals surface area (Å²) >= 11 is 9.31. The number of ether oxygens (including phenoxy) is 1. The van der Waals surface area contributed by atoms with Crippen LogP contribution < -0.4 is 4.74 Å². The normalized spacial score (nSPS) is 12.4. The molecule has 0 radical (unpaired) electrons. The minimum absolute atomic E-state index is 0.582. The van der Waals surface area contributed by atoms with E-state index in [4.69, 9.17) is 16.3 Å². The Morgan fingerprint density at radius 3 is 2.81 bits per heavy atom. The van der Waals surface area contributed by atoms with Crippen molar-refractivity contribution < 1.29 is 4.74 Å². The second kappa shape index (κ2) is 7.97. The molecule has 1 rings (SSSR count). The third-order valence-corrected chi connectivity index (χ3v) is 3.44. The fourth-order valence-electron chi connectivity index (χ4n) is 1.61. The molecule has 0 aliphatic rings. The molecule has 3 heteroatoms. The summed E-state index contributed by atoms with van der Waals surface area (Å²) in [6.07, 6.45) is 3.41. The summed E-state index contributed by atoms with van der Waals surface area (Å²) < 4.78 is 6.73. The molecule has 1 atom stereocenters. The fraction of sp³-hybridized carbons (Fsp3) is 0.538. The number of hydrogen-bond donors (Lipinski definition) is 0. The Labute approximate surface area is 111 Å². The van der Waals surface area contributed by atoms with Gasteiger partial charge in [0.25, 0.3) is 0 Å². The molecular weight excluding hydrogens is 287 g/mol. The molecule has 1 aromatic carbocycles. The summed E-state index contributed by atoms with van der Waals surface area (Å²) in [4.78, 5) is 0. The molecule has 0 amide bonds. The van der Waals surface area contributed by atoms with E-state index in [1.54, 1.807) is 0 Å². The molecule has 0 fully saturated rings. The lowest BCUT2D eigenvalue weighted by Gasteiger charge is -2.13. The Bertz CT molecular complexity index is 304. The van der Waals surface area contributed by atoms with Crippen LogP contribution in [0.1, 0.15) is 26.2 Å². The van der Waals surface area contributed by atoms with Crippen LogP contribution in [-0.2, 0) is 0 Å². The maximum atomic E-state index is 5.89. The molecule has 0 spiro atoms. The molecular formula is C13H18BrClO. The van der Waals surface area contributed by atoms with Crippen molar-refractivity contribution in [3.8, 4) is 5.75 Å². The van der Waals surface area contributed by atoms with Gasteiger partial charge in [0.2, 0.25) is 0 Å². The first-order valence-corrected chi connectivity index (χ1v) is 7.03. The zero-order chi connectivity index (χ0) is 11.8. The topological polar surface area (TPSA) is 9.23 Å². The summed E-state index contributed by atoms with van der Waals surface area (Å²) in [6, 6.07) is 7.92. The van der Waals surface area contributed by atoms with Crippen LogP contribution in [0.25, 0.3) is 0 Å². The van der Waals surface area contributed by atoms with Gasteiger partial charge < -0.3 is 4.74 Å². The van der Waals surface area contributed by atoms with E-state index < -0.39 is 0 Å². The zero-order valence-corrected chi connectivity index (χ0v) is 11.9. The second-order valence-electron chi connectivity index (χ2n) is 3.90. The lowest BCUT2D eigenvalue weighted by molar-refractivity contribution is 0.279. The van der Waals surface area contributed by atoms with Crippen LogP contribution in [0.4, 0.5) is 0 Å². The van der Waals surface area contributed by atoms with Crippen LogP contribution in [0.3, 0.4) is 0 Å². The van der Waals surface area contributed by atoms with Crippen LogP contribution in [0.5, 0.6) is 5.75 Å². The second-order valence-corrected chi connectivity index (χ2v) is 5.13. The van der Waals surface area contributed by atoms with E-state index in [0.29, 0.717) is 5.92 Å². The molecule has 0 N–H and O–H groups in total. The Hall–Kier alpha value is -0.210. The average molecular weight is 306 g/mol. The van der Waals surface area contributed by atoms with Crippen LogP contribution >= 0.6 is 27.5 Å². The Kier molecular flexibility index (Phi) is 6.90. The molecule has 0 aliphatic heterocycles. The minimum Gasteiger partial charge on any atom is -0.494 e. The molecule has 0 saturated carbocycles. The third kappa shape index (κ3) is 5.22. The van der Waals surface area contributed by atoms with Gasteiger partial charge in [0.15, 0.2) is 0 Å². The highest BCUT2D eigenvalue weighted by Crippen LogP contribution is 2.19. The van der Waals surface area contributed by atoms with E-state index in [1.165, 1.54) is 12.8 Å². The number of halogens is 2. The first kappa shape index (κ1) is 13.9. The van der Waals surface area contributed by atoms with Gasteiger partial charge in [0, 0.05) is 10.4 Å². The van der Waals surface area contributed by atoms with Gasteiger partial charge in [-0.2, -0.15) is 0 Å². The standard InChI is InChI=1S/C13H18BrClO/c1-2-4-11(10-15)7-8-16-13-6-3-5-12(14)9-13/h3,5-6,9,11H,2,4,7-8,10H2,1H3. The smallest absolute Gasteiger partial charge is 0.120 e. The minimum atomic E-state index is 0.582. The highest BCUT2D eigenvalue weighted by Gasteiger charge is 2.06. The van der Waals surface area contributed by atoms with Crippen molar-refractivity contribution >= 4 is 27.5 Å². The van der Waals surface area contributed by atoms with Gasteiger partial charge in [-0.15, -0.1) is 11.6 Å². The maximum Gasteiger partial charge on any atom is 0.120 e. The van der Waals surface area contributed by atoms with Gasteiger partial charge in [-0.3, -0.25) is 0 Å². The van der Waals surface area contributed by atoms with Gasteiger partial charge in [-0.05, 0) is 37.0 Å². The molecule has 1 nitrogen and oxygen atoms in total. The van der Waals surface area contributed by atoms with Crippen molar-refractivity contribution in [1.82, 2.24) is 0 Å². The van der Waals surface area contributed by atoms with Crippen LogP contribution in [0.15, 0.2) is 28.7 Å². The molecule has 1 aromatic rings. The molecule has 0 heterocycles. The van der Waals surface area contributed by atoms with Crippen LogP contribution in [0, 0.1) is 5.92 Å². The van der Waals surface area contributed by atoms with Gasteiger partial charge in [-0.1, -0.05) is 35.3 Å². The molecule has 0 aliphatic carbocycles. The number of benzene rings is 1. The largest absolute Gasteiger partial charge is 0.494 e. The quantitative estimate of drug-likeness (QED) is 0.653. The van der Waals surface area contributed by atoms with Gasteiger partial charge in [-0.25, -0.2) is 0 Å². The number of rotatable bonds is 7. The SMILES string of the molecule is CCCC(CCl)CCOc1cccc(Br)c1. The third-order valence-electron chi connectivity index (χ3n) is 2.51. The Balaban J connectivity index is 2.29. The van der Waals surface area contributed by atoms with E-state index >= 15 is 0 Å². The highest BCUT2D eigenvalue weighted by atomic mass is 79.9. The number of hydrogen-bond acceptors (Lipinski definition) is 1. The van der Waals surface area contributed by atoms with E-state index in [9.17, 15) is 0 Å². The maximum absolute atomic E-state index is 5.89. The van der Waals surface area contributed by atoms with Crippen molar-refractivity contribution in [3.05, 3.63) is 28.7 Å². The van der Waals surface area contributed by atoms with E-state index in [2.05, 4.69) is 22.9 Å². The fourth-order valence-corrected chi connectivity index (χ4v) is 2.29. The van der Waals surface area contributed by atoms with Crippen LogP contribution in [0.2, 0.25) is 0 Å². The molecule has 0 bridgehead atoms. The lowest BCUT2D eigenvalue weighted by Crippen LogP contribution is -2.08. The summed E-state index contributed by atoms with van der Waals surface area (Å²) in [5, 5.41) is 0.